The van der Waals surface area contributed by atoms with E-state index in [0.717, 1.165) is 25.9 Å². The molecule has 2 nitrogen and oxygen atoms in total. The minimum atomic E-state index is 0.780. The lowest BCUT2D eigenvalue weighted by atomic mass is 10.1. The number of aliphatic imine (C=N–C) groups is 1. The molecule has 0 heterocycles. The van der Waals surface area contributed by atoms with E-state index in [1.54, 1.807) is 7.11 Å². The molecule has 2 aromatic carbocycles. The van der Waals surface area contributed by atoms with Crippen LogP contribution in [0.2, 0.25) is 0 Å². The summed E-state index contributed by atoms with van der Waals surface area (Å²) in [4.78, 5) is 4.58. The summed E-state index contributed by atoms with van der Waals surface area (Å²) >= 11 is 6.98. The molecule has 104 valence electrons. The van der Waals surface area contributed by atoms with Gasteiger partial charge in [-0.15, -0.1) is 0 Å². The van der Waals surface area contributed by atoms with Gasteiger partial charge >= 0.3 is 0 Å². The molecule has 0 amide bonds. The molecule has 0 spiro atoms. The number of benzene rings is 2. The number of aryl methyl sites for hydroxylation is 1. The van der Waals surface area contributed by atoms with Crippen LogP contribution in [0.15, 0.2) is 44.3 Å². The van der Waals surface area contributed by atoms with Gasteiger partial charge in [0, 0.05) is 16.3 Å². The lowest BCUT2D eigenvalue weighted by Gasteiger charge is -2.08. The Kier molecular flexibility index (Phi) is 5.00. The van der Waals surface area contributed by atoms with Gasteiger partial charge in [0.1, 0.15) is 5.75 Å². The number of hydrogen-bond acceptors (Lipinski definition) is 2. The molecule has 0 unspecified atom stereocenters. The van der Waals surface area contributed by atoms with Crippen LogP contribution in [0.5, 0.6) is 5.75 Å². The maximum absolute atomic E-state index is 5.41. The van der Waals surface area contributed by atoms with Crippen molar-refractivity contribution in [3.63, 3.8) is 0 Å². The SMILES string of the molecule is COc1c(Br)cc(Br)cc1C=Nc1cccc(C)c1C. The van der Waals surface area contributed by atoms with E-state index in [4.69, 9.17) is 4.74 Å². The minimum Gasteiger partial charge on any atom is -0.495 e. The van der Waals surface area contributed by atoms with Crippen LogP contribution in [0.4, 0.5) is 5.69 Å². The highest BCUT2D eigenvalue weighted by Gasteiger charge is 2.07. The summed E-state index contributed by atoms with van der Waals surface area (Å²) in [7, 11) is 1.66. The topological polar surface area (TPSA) is 21.6 Å². The summed E-state index contributed by atoms with van der Waals surface area (Å²) in [6.45, 7) is 4.17. The Bertz CT molecular complexity index is 666. The summed E-state index contributed by atoms with van der Waals surface area (Å²) in [5.41, 5.74) is 4.33. The number of rotatable bonds is 3. The van der Waals surface area contributed by atoms with Crippen molar-refractivity contribution < 1.29 is 4.74 Å². The van der Waals surface area contributed by atoms with E-state index >= 15 is 0 Å². The molecule has 20 heavy (non-hydrogen) atoms. The van der Waals surface area contributed by atoms with Crippen LogP contribution in [-0.4, -0.2) is 13.3 Å². The van der Waals surface area contributed by atoms with Crippen molar-refractivity contribution in [2.75, 3.05) is 7.11 Å². The quantitative estimate of drug-likeness (QED) is 0.619. The zero-order valence-corrected chi connectivity index (χ0v) is 14.7. The molecule has 0 atom stereocenters. The molecule has 0 aliphatic carbocycles. The number of nitrogens with zero attached hydrogens (tertiary/aromatic N) is 1. The number of hydrogen-bond donors (Lipinski definition) is 0. The summed E-state index contributed by atoms with van der Waals surface area (Å²) < 4.78 is 7.29. The largest absolute Gasteiger partial charge is 0.495 e. The Morgan fingerprint density at radius 3 is 2.60 bits per heavy atom. The molecule has 0 saturated carbocycles. The smallest absolute Gasteiger partial charge is 0.141 e. The molecule has 0 bridgehead atoms. The molecule has 2 aromatic rings. The summed E-state index contributed by atoms with van der Waals surface area (Å²) in [6, 6.07) is 10.1. The molecule has 2 rings (SSSR count). The summed E-state index contributed by atoms with van der Waals surface area (Å²) in [6.07, 6.45) is 1.83. The van der Waals surface area contributed by atoms with E-state index in [-0.39, 0.29) is 0 Å². The molecular formula is C16H15Br2NO. The lowest BCUT2D eigenvalue weighted by Crippen LogP contribution is -1.92. The van der Waals surface area contributed by atoms with Gasteiger partial charge in [-0.25, -0.2) is 0 Å². The highest BCUT2D eigenvalue weighted by Crippen LogP contribution is 2.32. The van der Waals surface area contributed by atoms with Crippen LogP contribution in [0.1, 0.15) is 16.7 Å². The lowest BCUT2D eigenvalue weighted by molar-refractivity contribution is 0.411. The first-order chi connectivity index (χ1) is 9.52. The molecule has 4 heteroatoms. The zero-order valence-electron chi connectivity index (χ0n) is 11.6. The normalized spacial score (nSPS) is 11.1. The second-order valence-electron chi connectivity index (χ2n) is 4.49. The monoisotopic (exact) mass is 395 g/mol. The standard InChI is InChI=1S/C16H15Br2NO/c1-10-5-4-6-15(11(10)2)19-9-12-7-13(17)8-14(18)16(12)20-3/h4-9H,1-3H3. The van der Waals surface area contributed by atoms with E-state index in [2.05, 4.69) is 56.8 Å². The van der Waals surface area contributed by atoms with Gasteiger partial charge in [0.15, 0.2) is 0 Å². The Hall–Kier alpha value is -1.13. The van der Waals surface area contributed by atoms with Crippen molar-refractivity contribution in [1.29, 1.82) is 0 Å². The van der Waals surface area contributed by atoms with Crippen molar-refractivity contribution >= 4 is 43.8 Å². The zero-order chi connectivity index (χ0) is 14.7. The molecule has 0 saturated heterocycles. The van der Waals surface area contributed by atoms with E-state index in [9.17, 15) is 0 Å². The molecular weight excluding hydrogens is 382 g/mol. The van der Waals surface area contributed by atoms with Gasteiger partial charge in [0.05, 0.1) is 17.3 Å². The molecule has 0 radical (unpaired) electrons. The van der Waals surface area contributed by atoms with E-state index in [1.807, 2.05) is 30.5 Å². The van der Waals surface area contributed by atoms with E-state index in [0.29, 0.717) is 0 Å². The fourth-order valence-electron chi connectivity index (χ4n) is 1.91. The number of methoxy groups -OCH3 is 1. The highest BCUT2D eigenvalue weighted by atomic mass is 79.9. The van der Waals surface area contributed by atoms with Gasteiger partial charge in [0.2, 0.25) is 0 Å². The second-order valence-corrected chi connectivity index (χ2v) is 6.26. The van der Waals surface area contributed by atoms with Crippen LogP contribution in [0, 0.1) is 13.8 Å². The summed E-state index contributed by atoms with van der Waals surface area (Å²) in [5, 5.41) is 0. The molecule has 0 aromatic heterocycles. The van der Waals surface area contributed by atoms with Gasteiger partial charge in [0.25, 0.3) is 0 Å². The van der Waals surface area contributed by atoms with E-state index in [1.165, 1.54) is 11.1 Å². The van der Waals surface area contributed by atoms with Crippen LogP contribution in [-0.2, 0) is 0 Å². The Morgan fingerprint density at radius 2 is 1.90 bits per heavy atom. The Labute approximate surface area is 136 Å². The van der Waals surface area contributed by atoms with Crippen LogP contribution in [0.25, 0.3) is 0 Å². The average Bonchev–Trinajstić information content (AvgIpc) is 2.40. The predicted octanol–water partition coefficient (Wildman–Crippen LogP) is 5.59. The van der Waals surface area contributed by atoms with Crippen molar-refractivity contribution in [2.45, 2.75) is 13.8 Å². The number of halogens is 2. The Balaban J connectivity index is 2.43. The first-order valence-electron chi connectivity index (χ1n) is 6.16. The van der Waals surface area contributed by atoms with Gasteiger partial charge in [-0.2, -0.15) is 0 Å². The van der Waals surface area contributed by atoms with Crippen molar-refractivity contribution in [1.82, 2.24) is 0 Å². The van der Waals surface area contributed by atoms with E-state index < -0.39 is 0 Å². The summed E-state index contributed by atoms with van der Waals surface area (Å²) in [5.74, 6) is 0.780. The Morgan fingerprint density at radius 1 is 1.15 bits per heavy atom. The maximum Gasteiger partial charge on any atom is 0.141 e. The van der Waals surface area contributed by atoms with Crippen LogP contribution in [0.3, 0.4) is 0 Å². The fourth-order valence-corrected chi connectivity index (χ4v) is 3.33. The third-order valence-corrected chi connectivity index (χ3v) is 4.21. The van der Waals surface area contributed by atoms with Crippen LogP contribution < -0.4 is 4.74 Å². The third kappa shape index (κ3) is 3.30. The fraction of sp³-hybridized carbons (Fsp3) is 0.188. The molecule has 0 N–H and O–H groups in total. The highest BCUT2D eigenvalue weighted by molar-refractivity contribution is 9.11. The van der Waals surface area contributed by atoms with Crippen LogP contribution >= 0.6 is 31.9 Å². The molecule has 0 aliphatic heterocycles. The minimum absolute atomic E-state index is 0.780. The van der Waals surface area contributed by atoms with Gasteiger partial charge < -0.3 is 4.74 Å². The maximum atomic E-state index is 5.41. The first-order valence-corrected chi connectivity index (χ1v) is 7.75. The van der Waals surface area contributed by atoms with Crippen molar-refractivity contribution in [2.24, 2.45) is 4.99 Å². The average molecular weight is 397 g/mol. The predicted molar refractivity (Wildman–Crippen MR) is 91.6 cm³/mol. The third-order valence-electron chi connectivity index (χ3n) is 3.16. The number of ether oxygens (including phenoxy) is 1. The van der Waals surface area contributed by atoms with Gasteiger partial charge in [-0.05, 0) is 59.1 Å². The van der Waals surface area contributed by atoms with Crippen molar-refractivity contribution in [3.8, 4) is 5.75 Å². The van der Waals surface area contributed by atoms with Gasteiger partial charge in [-0.3, -0.25) is 4.99 Å². The molecule has 0 aliphatic rings. The first kappa shape index (κ1) is 15.3. The second kappa shape index (κ2) is 6.55. The molecule has 0 fully saturated rings. The van der Waals surface area contributed by atoms with Crippen molar-refractivity contribution in [3.05, 3.63) is 56.0 Å². The van der Waals surface area contributed by atoms with Gasteiger partial charge in [-0.1, -0.05) is 28.1 Å².